The Morgan fingerprint density at radius 3 is 2.16 bits per heavy atom. The summed E-state index contributed by atoms with van der Waals surface area (Å²) < 4.78 is 0. The first-order valence-corrected chi connectivity index (χ1v) is 11.2. The number of halogens is 2. The van der Waals surface area contributed by atoms with Crippen LogP contribution in [0.25, 0.3) is 22.4 Å². The van der Waals surface area contributed by atoms with Crippen LogP contribution in [0.4, 0.5) is 5.69 Å². The lowest BCUT2D eigenvalue weighted by Gasteiger charge is -2.07. The van der Waals surface area contributed by atoms with Gasteiger partial charge in [0.2, 0.25) is 5.91 Å². The molecule has 1 amide bonds. The van der Waals surface area contributed by atoms with E-state index in [2.05, 4.69) is 39.8 Å². The lowest BCUT2D eigenvalue weighted by molar-refractivity contribution is -0.113. The summed E-state index contributed by atoms with van der Waals surface area (Å²) in [5.41, 5.74) is 4.69. The quantitative estimate of drug-likeness (QED) is 0.316. The second-order valence-electron chi connectivity index (χ2n) is 6.67. The van der Waals surface area contributed by atoms with E-state index in [1.54, 1.807) is 18.2 Å². The van der Waals surface area contributed by atoms with Crippen molar-refractivity contribution in [2.24, 2.45) is 0 Å². The number of anilines is 1. The first-order chi connectivity index (χ1) is 15.1. The fraction of sp³-hybridized carbons (Fsp3) is 0.0417. The molecule has 0 saturated heterocycles. The second-order valence-corrected chi connectivity index (χ2v) is 8.48. The van der Waals surface area contributed by atoms with Crippen LogP contribution in [0.3, 0.4) is 0 Å². The molecular formula is C24H17Cl2N3OS. The zero-order chi connectivity index (χ0) is 21.6. The molecule has 4 nitrogen and oxygen atoms in total. The Kier molecular flexibility index (Phi) is 6.87. The van der Waals surface area contributed by atoms with Crippen molar-refractivity contribution < 1.29 is 4.79 Å². The minimum Gasteiger partial charge on any atom is -0.325 e. The molecule has 0 atom stereocenters. The van der Waals surface area contributed by atoms with Gasteiger partial charge in [-0.1, -0.05) is 89.6 Å². The van der Waals surface area contributed by atoms with Crippen molar-refractivity contribution in [2.75, 3.05) is 11.1 Å². The SMILES string of the molecule is O=C(CSc1ccc(-c2ccc(-c3ccccc3)cc2)nn1)Nc1ccc(Cl)c(Cl)c1. The van der Waals surface area contributed by atoms with Crippen LogP contribution in [-0.2, 0) is 4.79 Å². The molecule has 0 bridgehead atoms. The number of carbonyl (C=O) groups excluding carboxylic acids is 1. The van der Waals surface area contributed by atoms with Crippen molar-refractivity contribution in [1.29, 1.82) is 0 Å². The molecule has 0 spiro atoms. The van der Waals surface area contributed by atoms with Gasteiger partial charge < -0.3 is 5.32 Å². The minimum absolute atomic E-state index is 0.161. The summed E-state index contributed by atoms with van der Waals surface area (Å²) in [6.45, 7) is 0. The number of hydrogen-bond donors (Lipinski definition) is 1. The van der Waals surface area contributed by atoms with Crippen molar-refractivity contribution in [3.63, 3.8) is 0 Å². The predicted molar refractivity (Wildman–Crippen MR) is 129 cm³/mol. The Balaban J connectivity index is 1.34. The topological polar surface area (TPSA) is 54.9 Å². The van der Waals surface area contributed by atoms with Crippen molar-refractivity contribution in [3.05, 3.63) is 95.0 Å². The summed E-state index contributed by atoms with van der Waals surface area (Å²) in [4.78, 5) is 12.2. The van der Waals surface area contributed by atoms with E-state index in [4.69, 9.17) is 23.2 Å². The minimum atomic E-state index is -0.161. The molecule has 3 aromatic carbocycles. The summed E-state index contributed by atoms with van der Waals surface area (Å²) in [7, 11) is 0. The van der Waals surface area contributed by atoms with Crippen LogP contribution in [0.2, 0.25) is 10.0 Å². The molecule has 0 unspecified atom stereocenters. The van der Waals surface area contributed by atoms with Crippen molar-refractivity contribution >= 4 is 46.6 Å². The predicted octanol–water partition coefficient (Wildman–Crippen LogP) is 6.85. The summed E-state index contributed by atoms with van der Waals surface area (Å²) in [5.74, 6) is 0.0471. The van der Waals surface area contributed by atoms with Crippen molar-refractivity contribution in [1.82, 2.24) is 10.2 Å². The lowest BCUT2D eigenvalue weighted by atomic mass is 10.0. The highest BCUT2D eigenvalue weighted by atomic mass is 35.5. The highest BCUT2D eigenvalue weighted by Gasteiger charge is 2.08. The molecule has 1 N–H and O–H groups in total. The molecular weight excluding hydrogens is 449 g/mol. The number of rotatable bonds is 6. The highest BCUT2D eigenvalue weighted by Crippen LogP contribution is 2.26. The van der Waals surface area contributed by atoms with E-state index in [9.17, 15) is 4.79 Å². The van der Waals surface area contributed by atoms with E-state index in [1.165, 1.54) is 17.3 Å². The fourth-order valence-electron chi connectivity index (χ4n) is 2.93. The van der Waals surface area contributed by atoms with Crippen molar-refractivity contribution in [3.8, 4) is 22.4 Å². The average molecular weight is 466 g/mol. The number of aromatic nitrogens is 2. The van der Waals surface area contributed by atoms with Gasteiger partial charge in [0.1, 0.15) is 5.03 Å². The third kappa shape index (κ3) is 5.64. The molecule has 0 radical (unpaired) electrons. The molecule has 1 heterocycles. The maximum Gasteiger partial charge on any atom is 0.234 e. The van der Waals surface area contributed by atoms with Crippen LogP contribution in [-0.4, -0.2) is 21.9 Å². The zero-order valence-electron chi connectivity index (χ0n) is 16.3. The van der Waals surface area contributed by atoms with Crippen LogP contribution in [0.5, 0.6) is 0 Å². The van der Waals surface area contributed by atoms with E-state index in [1.807, 2.05) is 42.5 Å². The van der Waals surface area contributed by atoms with Gasteiger partial charge in [-0.25, -0.2) is 0 Å². The van der Waals surface area contributed by atoms with E-state index in [0.717, 1.165) is 16.8 Å². The number of thioether (sulfide) groups is 1. The van der Waals surface area contributed by atoms with Crippen LogP contribution >= 0.6 is 35.0 Å². The Labute approximate surface area is 194 Å². The Morgan fingerprint density at radius 2 is 1.48 bits per heavy atom. The highest BCUT2D eigenvalue weighted by molar-refractivity contribution is 7.99. The standard InChI is InChI=1S/C24H17Cl2N3OS/c25-20-11-10-19(14-21(20)26)27-23(30)15-31-24-13-12-22(28-29-24)18-8-6-17(7-9-18)16-4-2-1-3-5-16/h1-14H,15H2,(H,27,30). The monoisotopic (exact) mass is 465 g/mol. The molecule has 31 heavy (non-hydrogen) atoms. The van der Waals surface area contributed by atoms with E-state index in [-0.39, 0.29) is 11.7 Å². The van der Waals surface area contributed by atoms with Gasteiger partial charge in [0, 0.05) is 11.3 Å². The molecule has 0 aliphatic heterocycles. The van der Waals surface area contributed by atoms with E-state index >= 15 is 0 Å². The molecule has 0 aliphatic carbocycles. The molecule has 4 rings (SSSR count). The smallest absolute Gasteiger partial charge is 0.234 e. The number of amides is 1. The second kappa shape index (κ2) is 9.96. The summed E-state index contributed by atoms with van der Waals surface area (Å²) in [6, 6.07) is 27.2. The summed E-state index contributed by atoms with van der Waals surface area (Å²) in [5, 5.41) is 12.8. The van der Waals surface area contributed by atoms with Gasteiger partial charge >= 0.3 is 0 Å². The number of nitrogens with zero attached hydrogens (tertiary/aromatic N) is 2. The third-order valence-electron chi connectivity index (χ3n) is 4.48. The van der Waals surface area contributed by atoms with Gasteiger partial charge in [-0.2, -0.15) is 0 Å². The molecule has 7 heteroatoms. The van der Waals surface area contributed by atoms with Gasteiger partial charge in [-0.3, -0.25) is 4.79 Å². The first kappa shape index (κ1) is 21.4. The lowest BCUT2D eigenvalue weighted by Crippen LogP contribution is -2.14. The van der Waals surface area contributed by atoms with Gasteiger partial charge in [0.25, 0.3) is 0 Å². The first-order valence-electron chi connectivity index (χ1n) is 9.46. The molecule has 0 aliphatic rings. The fourth-order valence-corrected chi connectivity index (χ4v) is 3.84. The van der Waals surface area contributed by atoms with E-state index in [0.29, 0.717) is 20.8 Å². The van der Waals surface area contributed by atoms with Crippen LogP contribution in [0, 0.1) is 0 Å². The number of benzene rings is 3. The van der Waals surface area contributed by atoms with Crippen molar-refractivity contribution in [2.45, 2.75) is 5.03 Å². The van der Waals surface area contributed by atoms with Gasteiger partial charge in [-0.05, 0) is 41.5 Å². The Hall–Kier alpha value is -2.86. The average Bonchev–Trinajstić information content (AvgIpc) is 2.81. The number of hydrogen-bond acceptors (Lipinski definition) is 4. The maximum atomic E-state index is 12.2. The molecule has 1 aromatic heterocycles. The van der Waals surface area contributed by atoms with Gasteiger partial charge in [0.15, 0.2) is 0 Å². The molecule has 154 valence electrons. The third-order valence-corrected chi connectivity index (χ3v) is 6.14. The number of carbonyl (C=O) groups is 1. The van der Waals surface area contributed by atoms with Crippen LogP contribution < -0.4 is 5.32 Å². The van der Waals surface area contributed by atoms with Crippen LogP contribution in [0.1, 0.15) is 0 Å². The molecule has 4 aromatic rings. The van der Waals surface area contributed by atoms with Crippen LogP contribution in [0.15, 0.2) is 90.0 Å². The zero-order valence-corrected chi connectivity index (χ0v) is 18.6. The Bertz CT molecular complexity index is 1180. The summed E-state index contributed by atoms with van der Waals surface area (Å²) >= 11 is 13.2. The maximum absolute atomic E-state index is 12.2. The largest absolute Gasteiger partial charge is 0.325 e. The number of nitrogens with one attached hydrogen (secondary N) is 1. The summed E-state index contributed by atoms with van der Waals surface area (Å²) in [6.07, 6.45) is 0. The van der Waals surface area contributed by atoms with Gasteiger partial charge in [-0.15, -0.1) is 10.2 Å². The van der Waals surface area contributed by atoms with Gasteiger partial charge in [0.05, 0.1) is 21.5 Å². The Morgan fingerprint density at radius 1 is 0.774 bits per heavy atom. The van der Waals surface area contributed by atoms with E-state index < -0.39 is 0 Å². The molecule has 0 saturated carbocycles. The molecule has 0 fully saturated rings. The normalized spacial score (nSPS) is 10.6.